The summed E-state index contributed by atoms with van der Waals surface area (Å²) in [5.74, 6) is 0. The molecule has 0 aliphatic carbocycles. The first-order valence-corrected chi connectivity index (χ1v) is 6.78. The van der Waals surface area contributed by atoms with Gasteiger partial charge in [-0.05, 0) is 36.2 Å². The molecule has 1 aromatic heterocycles. The lowest BCUT2D eigenvalue weighted by molar-refractivity contribution is 0.523. The van der Waals surface area contributed by atoms with Crippen molar-refractivity contribution in [2.75, 3.05) is 18.4 Å². The Hall–Kier alpha value is -2.38. The van der Waals surface area contributed by atoms with Gasteiger partial charge in [0, 0.05) is 24.5 Å². The summed E-state index contributed by atoms with van der Waals surface area (Å²) >= 11 is 0. The molecule has 3 rings (SSSR count). The number of nitrogens with zero attached hydrogens (tertiary/aromatic N) is 2. The van der Waals surface area contributed by atoms with Gasteiger partial charge in [0.2, 0.25) is 0 Å². The SMILES string of the molecule is N#Cc1cc(NCC2NCCc3ccccc32)ccn1. The molecule has 1 unspecified atom stereocenters. The van der Waals surface area contributed by atoms with E-state index < -0.39 is 0 Å². The fraction of sp³-hybridized carbons (Fsp3) is 0.250. The largest absolute Gasteiger partial charge is 0.383 e. The van der Waals surface area contributed by atoms with Gasteiger partial charge in [-0.3, -0.25) is 0 Å². The summed E-state index contributed by atoms with van der Waals surface area (Å²) in [5.41, 5.74) is 4.15. The van der Waals surface area contributed by atoms with E-state index in [1.807, 2.05) is 6.07 Å². The summed E-state index contributed by atoms with van der Waals surface area (Å²) < 4.78 is 0. The van der Waals surface area contributed by atoms with Gasteiger partial charge >= 0.3 is 0 Å². The third-order valence-electron chi connectivity index (χ3n) is 3.60. The van der Waals surface area contributed by atoms with E-state index in [0.717, 1.165) is 25.2 Å². The molecule has 2 heterocycles. The van der Waals surface area contributed by atoms with E-state index in [1.54, 1.807) is 12.3 Å². The molecule has 2 aromatic rings. The average molecular weight is 264 g/mol. The Kier molecular flexibility index (Phi) is 3.62. The Bertz CT molecular complexity index is 645. The van der Waals surface area contributed by atoms with Crippen LogP contribution in [0.1, 0.15) is 22.9 Å². The lowest BCUT2D eigenvalue weighted by atomic mass is 9.94. The highest BCUT2D eigenvalue weighted by molar-refractivity contribution is 5.46. The van der Waals surface area contributed by atoms with Gasteiger partial charge in [-0.25, -0.2) is 4.98 Å². The zero-order valence-corrected chi connectivity index (χ0v) is 11.1. The minimum absolute atomic E-state index is 0.304. The molecule has 0 fully saturated rings. The second kappa shape index (κ2) is 5.72. The Balaban J connectivity index is 1.72. The van der Waals surface area contributed by atoms with Crippen LogP contribution in [0.4, 0.5) is 5.69 Å². The van der Waals surface area contributed by atoms with Gasteiger partial charge in [-0.1, -0.05) is 24.3 Å². The smallest absolute Gasteiger partial charge is 0.142 e. The zero-order chi connectivity index (χ0) is 13.8. The fourth-order valence-corrected chi connectivity index (χ4v) is 2.60. The van der Waals surface area contributed by atoms with Crippen LogP contribution in [0.25, 0.3) is 0 Å². The van der Waals surface area contributed by atoms with Crippen molar-refractivity contribution in [3.05, 3.63) is 59.4 Å². The number of aromatic nitrogens is 1. The van der Waals surface area contributed by atoms with E-state index in [0.29, 0.717) is 11.7 Å². The van der Waals surface area contributed by atoms with E-state index in [1.165, 1.54) is 11.1 Å². The Morgan fingerprint density at radius 1 is 1.35 bits per heavy atom. The molecule has 100 valence electrons. The van der Waals surface area contributed by atoms with Crippen LogP contribution < -0.4 is 10.6 Å². The molecule has 0 saturated heterocycles. The fourth-order valence-electron chi connectivity index (χ4n) is 2.60. The van der Waals surface area contributed by atoms with E-state index in [-0.39, 0.29) is 0 Å². The first-order chi connectivity index (χ1) is 9.86. The van der Waals surface area contributed by atoms with Crippen LogP contribution in [0.15, 0.2) is 42.6 Å². The topological polar surface area (TPSA) is 60.7 Å². The third kappa shape index (κ3) is 2.63. The maximum Gasteiger partial charge on any atom is 0.142 e. The number of nitrogens with one attached hydrogen (secondary N) is 2. The van der Waals surface area contributed by atoms with Crippen molar-refractivity contribution in [2.24, 2.45) is 0 Å². The van der Waals surface area contributed by atoms with Crippen molar-refractivity contribution < 1.29 is 0 Å². The Morgan fingerprint density at radius 3 is 3.15 bits per heavy atom. The van der Waals surface area contributed by atoms with Crippen molar-refractivity contribution in [3.8, 4) is 6.07 Å². The van der Waals surface area contributed by atoms with Gasteiger partial charge in [0.05, 0.1) is 0 Å². The Morgan fingerprint density at radius 2 is 2.25 bits per heavy atom. The summed E-state index contributed by atoms with van der Waals surface area (Å²) in [6.07, 6.45) is 2.74. The summed E-state index contributed by atoms with van der Waals surface area (Å²) in [4.78, 5) is 3.97. The number of hydrogen-bond donors (Lipinski definition) is 2. The summed E-state index contributed by atoms with van der Waals surface area (Å²) in [7, 11) is 0. The maximum atomic E-state index is 8.86. The molecule has 1 aromatic carbocycles. The van der Waals surface area contributed by atoms with E-state index in [9.17, 15) is 0 Å². The molecule has 0 spiro atoms. The molecule has 20 heavy (non-hydrogen) atoms. The summed E-state index contributed by atoms with van der Waals surface area (Å²) in [6.45, 7) is 1.80. The van der Waals surface area contributed by atoms with E-state index in [4.69, 9.17) is 5.26 Å². The zero-order valence-electron chi connectivity index (χ0n) is 11.1. The van der Waals surface area contributed by atoms with Crippen LogP contribution in [0.3, 0.4) is 0 Å². The van der Waals surface area contributed by atoms with Crippen LogP contribution >= 0.6 is 0 Å². The molecular formula is C16H16N4. The third-order valence-corrected chi connectivity index (χ3v) is 3.60. The van der Waals surface area contributed by atoms with Gasteiger partial charge in [-0.2, -0.15) is 5.26 Å². The second-order valence-electron chi connectivity index (χ2n) is 4.88. The predicted molar refractivity (Wildman–Crippen MR) is 78.3 cm³/mol. The predicted octanol–water partition coefficient (Wildman–Crippen LogP) is 2.25. The van der Waals surface area contributed by atoms with Crippen molar-refractivity contribution in [1.82, 2.24) is 10.3 Å². The molecule has 4 nitrogen and oxygen atoms in total. The normalized spacial score (nSPS) is 17.1. The number of fused-ring (bicyclic) bond motifs is 1. The lowest BCUT2D eigenvalue weighted by Crippen LogP contribution is -2.34. The molecule has 1 aliphatic heterocycles. The highest BCUT2D eigenvalue weighted by Crippen LogP contribution is 2.23. The molecule has 0 bridgehead atoms. The number of pyridine rings is 1. The number of benzene rings is 1. The molecule has 0 saturated carbocycles. The number of anilines is 1. The van der Waals surface area contributed by atoms with Crippen molar-refractivity contribution in [3.63, 3.8) is 0 Å². The second-order valence-corrected chi connectivity index (χ2v) is 4.88. The van der Waals surface area contributed by atoms with Crippen LogP contribution in [0, 0.1) is 11.3 Å². The van der Waals surface area contributed by atoms with Crippen LogP contribution in [0.5, 0.6) is 0 Å². The van der Waals surface area contributed by atoms with E-state index in [2.05, 4.69) is 46.0 Å². The monoisotopic (exact) mass is 264 g/mol. The molecule has 1 atom stereocenters. The van der Waals surface area contributed by atoms with Gasteiger partial charge < -0.3 is 10.6 Å². The van der Waals surface area contributed by atoms with Crippen LogP contribution in [-0.4, -0.2) is 18.1 Å². The average Bonchev–Trinajstić information content (AvgIpc) is 2.53. The Labute approximate surface area is 118 Å². The van der Waals surface area contributed by atoms with Crippen LogP contribution in [0.2, 0.25) is 0 Å². The van der Waals surface area contributed by atoms with Crippen molar-refractivity contribution in [2.45, 2.75) is 12.5 Å². The highest BCUT2D eigenvalue weighted by Gasteiger charge is 2.18. The molecule has 1 aliphatic rings. The minimum Gasteiger partial charge on any atom is -0.383 e. The lowest BCUT2D eigenvalue weighted by Gasteiger charge is -2.27. The molecule has 0 amide bonds. The molecular weight excluding hydrogens is 248 g/mol. The first kappa shape index (κ1) is 12.6. The number of hydrogen-bond acceptors (Lipinski definition) is 4. The summed E-state index contributed by atoms with van der Waals surface area (Å²) in [5, 5.41) is 15.8. The van der Waals surface area contributed by atoms with Crippen molar-refractivity contribution in [1.29, 1.82) is 5.26 Å². The van der Waals surface area contributed by atoms with Crippen LogP contribution in [-0.2, 0) is 6.42 Å². The number of rotatable bonds is 3. The van der Waals surface area contributed by atoms with Gasteiger partial charge in [-0.15, -0.1) is 0 Å². The quantitative estimate of drug-likeness (QED) is 0.892. The van der Waals surface area contributed by atoms with E-state index >= 15 is 0 Å². The van der Waals surface area contributed by atoms with Gasteiger partial charge in [0.1, 0.15) is 11.8 Å². The molecule has 4 heteroatoms. The van der Waals surface area contributed by atoms with Gasteiger partial charge in [0.15, 0.2) is 0 Å². The summed E-state index contributed by atoms with van der Waals surface area (Å²) in [6, 6.07) is 14.6. The maximum absolute atomic E-state index is 8.86. The minimum atomic E-state index is 0.304. The molecule has 2 N–H and O–H groups in total. The standard InChI is InChI=1S/C16H16N4/c17-10-14-9-13(6-8-18-14)20-11-16-15-4-2-1-3-12(15)5-7-19-16/h1-4,6,8-9,16,19H,5,7,11H2,(H,18,20). The molecule has 0 radical (unpaired) electrons. The highest BCUT2D eigenvalue weighted by atomic mass is 15.0. The van der Waals surface area contributed by atoms with Gasteiger partial charge in [0.25, 0.3) is 0 Å². The number of nitriles is 1. The van der Waals surface area contributed by atoms with Crippen molar-refractivity contribution >= 4 is 5.69 Å². The first-order valence-electron chi connectivity index (χ1n) is 6.78.